The third kappa shape index (κ3) is 3.14. The number of anilines is 1. The number of amides is 1. The Morgan fingerprint density at radius 2 is 1.86 bits per heavy atom. The summed E-state index contributed by atoms with van der Waals surface area (Å²) in [5, 5.41) is 2.77. The van der Waals surface area contributed by atoms with Gasteiger partial charge in [0.15, 0.2) is 11.5 Å². The second-order valence-electron chi connectivity index (χ2n) is 4.79. The zero-order valence-electron chi connectivity index (χ0n) is 11.6. The molecule has 1 amide bonds. The standard InChI is InChI=1S/C16H13ClFNO3/c17-13-8-10(18)2-4-12(13)16(20)19-11-3-5-14-15(9-11)22-7-1-6-21-14/h2-5,8-9H,1,6-7H2,(H,19,20). The summed E-state index contributed by atoms with van der Waals surface area (Å²) in [6.07, 6.45) is 0.807. The second-order valence-corrected chi connectivity index (χ2v) is 5.20. The Hall–Kier alpha value is -2.27. The molecule has 1 aliphatic rings. The maximum atomic E-state index is 13.0. The summed E-state index contributed by atoms with van der Waals surface area (Å²) in [6.45, 7) is 1.16. The number of benzene rings is 2. The molecule has 1 N–H and O–H groups in total. The fourth-order valence-corrected chi connectivity index (χ4v) is 2.37. The van der Waals surface area contributed by atoms with Gasteiger partial charge in [-0.1, -0.05) is 11.6 Å². The maximum absolute atomic E-state index is 13.0. The summed E-state index contributed by atoms with van der Waals surface area (Å²) < 4.78 is 24.1. The number of fused-ring (bicyclic) bond motifs is 1. The highest BCUT2D eigenvalue weighted by atomic mass is 35.5. The van der Waals surface area contributed by atoms with Crippen molar-refractivity contribution >= 4 is 23.2 Å². The van der Waals surface area contributed by atoms with Crippen molar-refractivity contribution in [1.82, 2.24) is 0 Å². The molecule has 0 aromatic heterocycles. The Kier molecular flexibility index (Phi) is 4.15. The molecule has 0 spiro atoms. The van der Waals surface area contributed by atoms with Crippen molar-refractivity contribution in [1.29, 1.82) is 0 Å². The van der Waals surface area contributed by atoms with Gasteiger partial charge in [-0.25, -0.2) is 4.39 Å². The third-order valence-electron chi connectivity index (χ3n) is 3.18. The number of carbonyl (C=O) groups is 1. The van der Waals surface area contributed by atoms with Crippen molar-refractivity contribution < 1.29 is 18.7 Å². The number of hydrogen-bond donors (Lipinski definition) is 1. The number of rotatable bonds is 2. The van der Waals surface area contributed by atoms with Crippen molar-refractivity contribution in [2.24, 2.45) is 0 Å². The maximum Gasteiger partial charge on any atom is 0.257 e. The van der Waals surface area contributed by atoms with Gasteiger partial charge in [0.1, 0.15) is 5.82 Å². The van der Waals surface area contributed by atoms with Crippen LogP contribution in [-0.2, 0) is 0 Å². The second kappa shape index (κ2) is 6.23. The molecule has 22 heavy (non-hydrogen) atoms. The first-order valence-corrected chi connectivity index (χ1v) is 7.17. The quantitative estimate of drug-likeness (QED) is 0.912. The molecule has 2 aromatic carbocycles. The lowest BCUT2D eigenvalue weighted by Crippen LogP contribution is -2.12. The van der Waals surface area contributed by atoms with Crippen LogP contribution in [0.25, 0.3) is 0 Å². The number of nitrogens with one attached hydrogen (secondary N) is 1. The third-order valence-corrected chi connectivity index (χ3v) is 3.49. The number of hydrogen-bond acceptors (Lipinski definition) is 3. The van der Waals surface area contributed by atoms with Gasteiger partial charge in [-0.05, 0) is 30.3 Å². The summed E-state index contributed by atoms with van der Waals surface area (Å²) in [6, 6.07) is 8.77. The molecule has 0 saturated heterocycles. The predicted molar refractivity (Wildman–Crippen MR) is 81.4 cm³/mol. The highest BCUT2D eigenvalue weighted by molar-refractivity contribution is 6.34. The van der Waals surface area contributed by atoms with E-state index in [-0.39, 0.29) is 10.6 Å². The molecule has 1 aliphatic heterocycles. The Bertz CT molecular complexity index is 721. The van der Waals surface area contributed by atoms with Crippen LogP contribution in [0.1, 0.15) is 16.8 Å². The molecule has 114 valence electrons. The van der Waals surface area contributed by atoms with Gasteiger partial charge in [-0.2, -0.15) is 0 Å². The SMILES string of the molecule is O=C(Nc1ccc2c(c1)OCCCO2)c1ccc(F)cc1Cl. The van der Waals surface area contributed by atoms with Crippen LogP contribution in [0, 0.1) is 5.82 Å². The van der Waals surface area contributed by atoms with Crippen LogP contribution >= 0.6 is 11.6 Å². The van der Waals surface area contributed by atoms with Gasteiger partial charge >= 0.3 is 0 Å². The number of halogens is 2. The van der Waals surface area contributed by atoms with Gasteiger partial charge in [-0.15, -0.1) is 0 Å². The molecule has 6 heteroatoms. The van der Waals surface area contributed by atoms with Gasteiger partial charge in [0.25, 0.3) is 5.91 Å². The lowest BCUT2D eigenvalue weighted by molar-refractivity contribution is 0.102. The van der Waals surface area contributed by atoms with E-state index in [0.717, 1.165) is 12.5 Å². The molecule has 2 aromatic rings. The molecule has 0 atom stereocenters. The van der Waals surface area contributed by atoms with Crippen molar-refractivity contribution in [3.8, 4) is 11.5 Å². The smallest absolute Gasteiger partial charge is 0.257 e. The topological polar surface area (TPSA) is 47.6 Å². The summed E-state index contributed by atoms with van der Waals surface area (Å²) in [7, 11) is 0. The Morgan fingerprint density at radius 3 is 2.64 bits per heavy atom. The van der Waals surface area contributed by atoms with E-state index in [9.17, 15) is 9.18 Å². The first-order chi connectivity index (χ1) is 10.6. The molecule has 1 heterocycles. The molecular weight excluding hydrogens is 309 g/mol. The summed E-state index contributed by atoms with van der Waals surface area (Å²) in [5.41, 5.74) is 0.754. The molecule has 4 nitrogen and oxygen atoms in total. The summed E-state index contributed by atoms with van der Waals surface area (Å²) >= 11 is 5.88. The van der Waals surface area contributed by atoms with E-state index in [1.54, 1.807) is 18.2 Å². The average molecular weight is 322 g/mol. The van der Waals surface area contributed by atoms with Gasteiger partial charge in [0.05, 0.1) is 23.8 Å². The van der Waals surface area contributed by atoms with Gasteiger partial charge in [0, 0.05) is 18.2 Å². The fourth-order valence-electron chi connectivity index (χ4n) is 2.11. The monoisotopic (exact) mass is 321 g/mol. The largest absolute Gasteiger partial charge is 0.490 e. The minimum absolute atomic E-state index is 0.0619. The lowest BCUT2D eigenvalue weighted by Gasteiger charge is -2.11. The van der Waals surface area contributed by atoms with Crippen LogP contribution in [-0.4, -0.2) is 19.1 Å². The highest BCUT2D eigenvalue weighted by Crippen LogP contribution is 2.32. The fraction of sp³-hybridized carbons (Fsp3) is 0.188. The van der Waals surface area contributed by atoms with E-state index in [4.69, 9.17) is 21.1 Å². The molecular formula is C16H13ClFNO3. The predicted octanol–water partition coefficient (Wildman–Crippen LogP) is 3.89. The minimum atomic E-state index is -0.489. The average Bonchev–Trinajstić information content (AvgIpc) is 2.71. The summed E-state index contributed by atoms with van der Waals surface area (Å²) in [5.74, 6) is 0.326. The van der Waals surface area contributed by atoms with E-state index in [2.05, 4.69) is 5.32 Å². The molecule has 0 bridgehead atoms. The minimum Gasteiger partial charge on any atom is -0.490 e. The number of carbonyl (C=O) groups excluding carboxylic acids is 1. The van der Waals surface area contributed by atoms with Crippen molar-refractivity contribution in [2.45, 2.75) is 6.42 Å². The van der Waals surface area contributed by atoms with Gasteiger partial charge in [0.2, 0.25) is 0 Å². The van der Waals surface area contributed by atoms with Crippen LogP contribution in [0.3, 0.4) is 0 Å². The molecule has 0 aliphatic carbocycles. The van der Waals surface area contributed by atoms with E-state index in [0.29, 0.717) is 30.4 Å². The van der Waals surface area contributed by atoms with Crippen molar-refractivity contribution in [3.63, 3.8) is 0 Å². The summed E-state index contributed by atoms with van der Waals surface area (Å²) in [4.78, 5) is 12.2. The van der Waals surface area contributed by atoms with Gasteiger partial charge < -0.3 is 14.8 Å². The van der Waals surface area contributed by atoms with Crippen LogP contribution in [0.5, 0.6) is 11.5 Å². The van der Waals surface area contributed by atoms with Gasteiger partial charge in [-0.3, -0.25) is 4.79 Å². The number of ether oxygens (including phenoxy) is 2. The van der Waals surface area contributed by atoms with Crippen LogP contribution < -0.4 is 14.8 Å². The Balaban J connectivity index is 1.80. The first-order valence-electron chi connectivity index (χ1n) is 6.79. The van der Waals surface area contributed by atoms with E-state index < -0.39 is 11.7 Å². The van der Waals surface area contributed by atoms with Crippen LogP contribution in [0.4, 0.5) is 10.1 Å². The Morgan fingerprint density at radius 1 is 1.09 bits per heavy atom. The zero-order chi connectivity index (χ0) is 15.5. The molecule has 3 rings (SSSR count). The first kappa shape index (κ1) is 14.7. The molecule has 0 unspecified atom stereocenters. The molecule has 0 fully saturated rings. The zero-order valence-corrected chi connectivity index (χ0v) is 12.3. The molecule has 0 radical (unpaired) electrons. The van der Waals surface area contributed by atoms with Crippen molar-refractivity contribution in [2.75, 3.05) is 18.5 Å². The Labute approximate surface area is 131 Å². The van der Waals surface area contributed by atoms with E-state index >= 15 is 0 Å². The van der Waals surface area contributed by atoms with Crippen LogP contribution in [0.15, 0.2) is 36.4 Å². The highest BCUT2D eigenvalue weighted by Gasteiger charge is 2.14. The van der Waals surface area contributed by atoms with E-state index in [1.807, 2.05) is 0 Å². The van der Waals surface area contributed by atoms with Crippen molar-refractivity contribution in [3.05, 3.63) is 52.8 Å². The molecule has 0 saturated carbocycles. The normalized spacial score (nSPS) is 13.4. The van der Waals surface area contributed by atoms with E-state index in [1.165, 1.54) is 12.1 Å². The van der Waals surface area contributed by atoms with Crippen LogP contribution in [0.2, 0.25) is 5.02 Å². The lowest BCUT2D eigenvalue weighted by atomic mass is 10.2.